The number of ether oxygens (including phenoxy) is 1. The summed E-state index contributed by atoms with van der Waals surface area (Å²) < 4.78 is 5.10. The third-order valence-electron chi connectivity index (χ3n) is 3.28. The van der Waals surface area contributed by atoms with E-state index in [2.05, 4.69) is 29.2 Å². The molecule has 88 valence electrons. The topological polar surface area (TPSA) is 38.5 Å². The summed E-state index contributed by atoms with van der Waals surface area (Å²) in [6, 6.07) is 10.8. The van der Waals surface area contributed by atoms with E-state index in [1.165, 1.54) is 5.56 Å². The first-order valence-corrected chi connectivity index (χ1v) is 5.83. The van der Waals surface area contributed by atoms with E-state index < -0.39 is 0 Å². The molecule has 1 aliphatic rings. The summed E-state index contributed by atoms with van der Waals surface area (Å²) in [5.41, 5.74) is 7.55. The molecule has 2 N–H and O–H groups in total. The van der Waals surface area contributed by atoms with Crippen molar-refractivity contribution in [1.29, 1.82) is 0 Å². The second kappa shape index (κ2) is 5.43. The van der Waals surface area contributed by atoms with E-state index in [4.69, 9.17) is 10.5 Å². The zero-order valence-electron chi connectivity index (χ0n) is 9.80. The fraction of sp³-hybridized carbons (Fsp3) is 0.538. The molecular formula is C13H20N2O. The summed E-state index contributed by atoms with van der Waals surface area (Å²) in [7, 11) is 1.74. The summed E-state index contributed by atoms with van der Waals surface area (Å²) >= 11 is 0. The quantitative estimate of drug-likeness (QED) is 0.824. The molecule has 2 unspecified atom stereocenters. The highest BCUT2D eigenvalue weighted by Gasteiger charge is 2.30. The van der Waals surface area contributed by atoms with E-state index in [0.29, 0.717) is 5.92 Å². The normalized spacial score (nSPS) is 26.1. The minimum atomic E-state index is 0.249. The van der Waals surface area contributed by atoms with E-state index >= 15 is 0 Å². The molecule has 1 fully saturated rings. The standard InChI is InChI=1S/C13H20N2O/c1-16-8-7-15-9-12(13(14)10-15)11-5-3-2-4-6-11/h2-6,12-13H,7-10,14H2,1H3. The van der Waals surface area contributed by atoms with Crippen LogP contribution >= 0.6 is 0 Å². The molecule has 1 heterocycles. The van der Waals surface area contributed by atoms with E-state index in [9.17, 15) is 0 Å². The average molecular weight is 220 g/mol. The molecule has 2 rings (SSSR count). The number of hydrogen-bond donors (Lipinski definition) is 1. The summed E-state index contributed by atoms with van der Waals surface area (Å²) in [6.07, 6.45) is 0. The Morgan fingerprint density at radius 2 is 2.06 bits per heavy atom. The predicted molar refractivity (Wildman–Crippen MR) is 65.5 cm³/mol. The third kappa shape index (κ3) is 2.61. The lowest BCUT2D eigenvalue weighted by atomic mass is 9.95. The molecule has 16 heavy (non-hydrogen) atoms. The summed E-state index contributed by atoms with van der Waals surface area (Å²) in [5, 5.41) is 0. The Bertz CT molecular complexity index is 315. The smallest absolute Gasteiger partial charge is 0.0589 e. The summed E-state index contributed by atoms with van der Waals surface area (Å²) in [6.45, 7) is 3.79. The molecule has 1 aromatic carbocycles. The number of rotatable bonds is 4. The molecule has 2 atom stereocenters. The van der Waals surface area contributed by atoms with Crippen molar-refractivity contribution in [2.75, 3.05) is 33.4 Å². The van der Waals surface area contributed by atoms with Gasteiger partial charge >= 0.3 is 0 Å². The molecule has 1 aliphatic heterocycles. The van der Waals surface area contributed by atoms with Crippen LogP contribution in [0.4, 0.5) is 0 Å². The van der Waals surface area contributed by atoms with E-state index in [1.807, 2.05) is 6.07 Å². The highest BCUT2D eigenvalue weighted by atomic mass is 16.5. The molecule has 0 radical (unpaired) electrons. The van der Waals surface area contributed by atoms with Crippen molar-refractivity contribution < 1.29 is 4.74 Å². The van der Waals surface area contributed by atoms with Gasteiger partial charge in [-0.15, -0.1) is 0 Å². The van der Waals surface area contributed by atoms with Gasteiger partial charge in [-0.25, -0.2) is 0 Å². The molecule has 0 spiro atoms. The SMILES string of the molecule is COCCN1CC(N)C(c2ccccc2)C1. The molecule has 0 bridgehead atoms. The van der Waals surface area contributed by atoms with E-state index in [-0.39, 0.29) is 6.04 Å². The van der Waals surface area contributed by atoms with Crippen LogP contribution in [0.3, 0.4) is 0 Å². The second-order valence-electron chi connectivity index (χ2n) is 4.43. The number of methoxy groups -OCH3 is 1. The van der Waals surface area contributed by atoms with Gasteiger partial charge in [0.2, 0.25) is 0 Å². The van der Waals surface area contributed by atoms with Gasteiger partial charge in [-0.1, -0.05) is 30.3 Å². The van der Waals surface area contributed by atoms with Gasteiger partial charge in [-0.05, 0) is 5.56 Å². The van der Waals surface area contributed by atoms with E-state index in [1.54, 1.807) is 7.11 Å². The van der Waals surface area contributed by atoms with Crippen LogP contribution < -0.4 is 5.73 Å². The van der Waals surface area contributed by atoms with Gasteiger partial charge in [-0.3, -0.25) is 4.90 Å². The number of hydrogen-bond acceptors (Lipinski definition) is 3. The first kappa shape index (κ1) is 11.6. The van der Waals surface area contributed by atoms with Crippen molar-refractivity contribution in [1.82, 2.24) is 4.90 Å². The van der Waals surface area contributed by atoms with Crippen LogP contribution in [0.5, 0.6) is 0 Å². The fourth-order valence-electron chi connectivity index (χ4n) is 2.37. The number of benzene rings is 1. The van der Waals surface area contributed by atoms with Gasteiger partial charge in [0, 0.05) is 38.7 Å². The van der Waals surface area contributed by atoms with Crippen LogP contribution in [0.15, 0.2) is 30.3 Å². The molecule has 1 aromatic rings. The maximum Gasteiger partial charge on any atom is 0.0589 e. The molecule has 1 saturated heterocycles. The largest absolute Gasteiger partial charge is 0.383 e. The van der Waals surface area contributed by atoms with Gasteiger partial charge in [0.1, 0.15) is 0 Å². The minimum absolute atomic E-state index is 0.249. The Labute approximate surface area is 97.2 Å². The Balaban J connectivity index is 1.97. The number of nitrogens with zero attached hydrogens (tertiary/aromatic N) is 1. The predicted octanol–water partition coefficient (Wildman–Crippen LogP) is 1.06. The highest BCUT2D eigenvalue weighted by Crippen LogP contribution is 2.25. The Hall–Kier alpha value is -0.900. The monoisotopic (exact) mass is 220 g/mol. The fourth-order valence-corrected chi connectivity index (χ4v) is 2.37. The van der Waals surface area contributed by atoms with Gasteiger partial charge in [0.15, 0.2) is 0 Å². The second-order valence-corrected chi connectivity index (χ2v) is 4.43. The molecule has 0 aromatic heterocycles. The van der Waals surface area contributed by atoms with Crippen molar-refractivity contribution in [3.63, 3.8) is 0 Å². The average Bonchev–Trinajstić information content (AvgIpc) is 2.69. The van der Waals surface area contributed by atoms with Crippen LogP contribution in [-0.2, 0) is 4.74 Å². The maximum absolute atomic E-state index is 6.19. The highest BCUT2D eigenvalue weighted by molar-refractivity contribution is 5.23. The van der Waals surface area contributed by atoms with Crippen molar-refractivity contribution in [2.24, 2.45) is 5.73 Å². The lowest BCUT2D eigenvalue weighted by Crippen LogP contribution is -2.30. The van der Waals surface area contributed by atoms with Crippen molar-refractivity contribution in [3.05, 3.63) is 35.9 Å². The number of likely N-dealkylation sites (tertiary alicyclic amines) is 1. The third-order valence-corrected chi connectivity index (χ3v) is 3.28. The summed E-state index contributed by atoms with van der Waals surface area (Å²) in [4.78, 5) is 2.38. The zero-order chi connectivity index (χ0) is 11.4. The molecular weight excluding hydrogens is 200 g/mol. The molecule has 0 saturated carbocycles. The first-order chi connectivity index (χ1) is 7.81. The Morgan fingerprint density at radius 3 is 2.75 bits per heavy atom. The van der Waals surface area contributed by atoms with Gasteiger partial charge in [0.25, 0.3) is 0 Å². The first-order valence-electron chi connectivity index (χ1n) is 5.83. The summed E-state index contributed by atoms with van der Waals surface area (Å²) in [5.74, 6) is 0.470. The Kier molecular flexibility index (Phi) is 3.93. The van der Waals surface area contributed by atoms with Crippen molar-refractivity contribution >= 4 is 0 Å². The Morgan fingerprint density at radius 1 is 1.31 bits per heavy atom. The van der Waals surface area contributed by atoms with Crippen LogP contribution in [0.1, 0.15) is 11.5 Å². The van der Waals surface area contributed by atoms with Gasteiger partial charge in [-0.2, -0.15) is 0 Å². The van der Waals surface area contributed by atoms with Gasteiger partial charge in [0.05, 0.1) is 6.61 Å². The molecule has 0 amide bonds. The van der Waals surface area contributed by atoms with Crippen LogP contribution in [0.25, 0.3) is 0 Å². The van der Waals surface area contributed by atoms with Crippen LogP contribution in [0.2, 0.25) is 0 Å². The lowest BCUT2D eigenvalue weighted by Gasteiger charge is -2.15. The minimum Gasteiger partial charge on any atom is -0.383 e. The van der Waals surface area contributed by atoms with Crippen LogP contribution in [-0.4, -0.2) is 44.3 Å². The van der Waals surface area contributed by atoms with Crippen molar-refractivity contribution in [3.8, 4) is 0 Å². The van der Waals surface area contributed by atoms with E-state index in [0.717, 1.165) is 26.2 Å². The number of nitrogens with two attached hydrogens (primary N) is 1. The van der Waals surface area contributed by atoms with Crippen LogP contribution in [0, 0.1) is 0 Å². The zero-order valence-corrected chi connectivity index (χ0v) is 9.80. The lowest BCUT2D eigenvalue weighted by molar-refractivity contribution is 0.160. The maximum atomic E-state index is 6.19. The molecule has 3 heteroatoms. The van der Waals surface area contributed by atoms with Gasteiger partial charge < -0.3 is 10.5 Å². The molecule has 3 nitrogen and oxygen atoms in total. The molecule has 0 aliphatic carbocycles. The van der Waals surface area contributed by atoms with Crippen molar-refractivity contribution in [2.45, 2.75) is 12.0 Å².